The summed E-state index contributed by atoms with van der Waals surface area (Å²) in [5, 5.41) is 5.62. The van der Waals surface area contributed by atoms with E-state index in [9.17, 15) is 14.4 Å². The number of hydrogen-bond donors (Lipinski definition) is 2. The van der Waals surface area contributed by atoms with Gasteiger partial charge in [-0.15, -0.1) is 0 Å². The zero-order chi connectivity index (χ0) is 18.9. The van der Waals surface area contributed by atoms with Crippen LogP contribution in [0.5, 0.6) is 0 Å². The van der Waals surface area contributed by atoms with E-state index in [4.69, 9.17) is 0 Å². The van der Waals surface area contributed by atoms with Gasteiger partial charge in [-0.1, -0.05) is 34.6 Å². The van der Waals surface area contributed by atoms with Gasteiger partial charge in [0.1, 0.15) is 0 Å². The molecule has 0 aromatic carbocycles. The van der Waals surface area contributed by atoms with E-state index >= 15 is 0 Å². The van der Waals surface area contributed by atoms with Crippen LogP contribution in [0.1, 0.15) is 47.5 Å². The number of Topliss-reactive ketones (excluding diaryl/α,β-unsaturated/α-hetero) is 1. The highest BCUT2D eigenvalue weighted by molar-refractivity contribution is 5.91. The van der Waals surface area contributed by atoms with Crippen molar-refractivity contribution in [2.24, 2.45) is 17.8 Å². The van der Waals surface area contributed by atoms with Gasteiger partial charge in [-0.05, 0) is 31.7 Å². The lowest BCUT2D eigenvalue weighted by molar-refractivity contribution is -0.137. The molecule has 0 aliphatic carbocycles. The lowest BCUT2D eigenvalue weighted by Crippen LogP contribution is -2.46. The molecule has 2 amide bonds. The predicted molar refractivity (Wildman–Crippen MR) is 96.6 cm³/mol. The average molecular weight is 341 g/mol. The van der Waals surface area contributed by atoms with Crippen LogP contribution in [0.3, 0.4) is 0 Å². The molecule has 6 nitrogen and oxygen atoms in total. The van der Waals surface area contributed by atoms with Crippen molar-refractivity contribution in [1.82, 2.24) is 15.5 Å². The number of carbonyl (C=O) groups excluding carboxylic acids is 3. The van der Waals surface area contributed by atoms with Crippen LogP contribution in [-0.4, -0.2) is 55.7 Å². The predicted octanol–water partition coefficient (Wildman–Crippen LogP) is 1.45. The zero-order valence-corrected chi connectivity index (χ0v) is 16.3. The summed E-state index contributed by atoms with van der Waals surface area (Å²) in [5.74, 6) is 0.340. The van der Waals surface area contributed by atoms with Crippen molar-refractivity contribution >= 4 is 17.6 Å². The van der Waals surface area contributed by atoms with Crippen LogP contribution in [0.4, 0.5) is 0 Å². The molecule has 0 aliphatic rings. The van der Waals surface area contributed by atoms with Gasteiger partial charge in [0.2, 0.25) is 11.8 Å². The fourth-order valence-electron chi connectivity index (χ4n) is 2.72. The summed E-state index contributed by atoms with van der Waals surface area (Å²) in [5.41, 5.74) is 0. The first-order chi connectivity index (χ1) is 11.1. The summed E-state index contributed by atoms with van der Waals surface area (Å²) in [6, 6.07) is -0.303. The van der Waals surface area contributed by atoms with E-state index < -0.39 is 0 Å². The molecule has 0 aliphatic heterocycles. The van der Waals surface area contributed by atoms with Gasteiger partial charge in [0.25, 0.3) is 0 Å². The number of rotatable bonds is 11. The van der Waals surface area contributed by atoms with Gasteiger partial charge in [-0.2, -0.15) is 0 Å². The van der Waals surface area contributed by atoms with E-state index in [1.54, 1.807) is 14.1 Å². The molecule has 0 unspecified atom stereocenters. The van der Waals surface area contributed by atoms with E-state index in [1.807, 2.05) is 20.8 Å². The highest BCUT2D eigenvalue weighted by Crippen LogP contribution is 2.13. The molecule has 0 heterocycles. The van der Waals surface area contributed by atoms with Gasteiger partial charge >= 0.3 is 0 Å². The van der Waals surface area contributed by atoms with Crippen molar-refractivity contribution in [3.8, 4) is 0 Å². The summed E-state index contributed by atoms with van der Waals surface area (Å²) in [6.45, 7) is 10.1. The number of nitrogens with one attached hydrogen (secondary N) is 2. The molecule has 6 heteroatoms. The third-order valence-electron chi connectivity index (χ3n) is 3.87. The first kappa shape index (κ1) is 22.6. The van der Waals surface area contributed by atoms with Gasteiger partial charge in [0.15, 0.2) is 5.78 Å². The zero-order valence-electron chi connectivity index (χ0n) is 16.3. The Balaban J connectivity index is 4.33. The van der Waals surface area contributed by atoms with E-state index in [2.05, 4.69) is 24.5 Å². The van der Waals surface area contributed by atoms with Crippen LogP contribution in [0, 0.1) is 17.8 Å². The molecule has 0 aromatic rings. The SMILES string of the molecule is CN[C@@H](CC(C)C)C(=O)NCC(=O)CN(C)C(=O)[C@@H](C)CC(C)C. The molecule has 0 rings (SSSR count). The molecule has 2 atom stereocenters. The van der Waals surface area contributed by atoms with Crippen molar-refractivity contribution in [2.45, 2.75) is 53.5 Å². The molecule has 0 radical (unpaired) electrons. The molecule has 0 aromatic heterocycles. The number of hydrogen-bond acceptors (Lipinski definition) is 4. The second-order valence-corrected chi connectivity index (χ2v) is 7.45. The molecular weight excluding hydrogens is 306 g/mol. The van der Waals surface area contributed by atoms with Gasteiger partial charge in [-0.3, -0.25) is 14.4 Å². The average Bonchev–Trinajstić information content (AvgIpc) is 2.48. The lowest BCUT2D eigenvalue weighted by Gasteiger charge is -2.22. The van der Waals surface area contributed by atoms with Gasteiger partial charge in [0.05, 0.1) is 19.1 Å². The normalized spacial score (nSPS) is 13.7. The quantitative estimate of drug-likeness (QED) is 0.596. The Morgan fingerprint density at radius 1 is 0.958 bits per heavy atom. The van der Waals surface area contributed by atoms with Crippen molar-refractivity contribution in [3.05, 3.63) is 0 Å². The smallest absolute Gasteiger partial charge is 0.237 e. The number of nitrogens with zero attached hydrogens (tertiary/aromatic N) is 1. The van der Waals surface area contributed by atoms with E-state index in [-0.39, 0.29) is 42.6 Å². The van der Waals surface area contributed by atoms with Crippen LogP contribution < -0.4 is 10.6 Å². The molecule has 0 spiro atoms. The number of carbonyl (C=O) groups is 3. The van der Waals surface area contributed by atoms with Crippen molar-refractivity contribution in [3.63, 3.8) is 0 Å². The summed E-state index contributed by atoms with van der Waals surface area (Å²) < 4.78 is 0. The maximum absolute atomic E-state index is 12.2. The third kappa shape index (κ3) is 9.01. The molecule has 0 bridgehead atoms. The van der Waals surface area contributed by atoms with Crippen molar-refractivity contribution < 1.29 is 14.4 Å². The van der Waals surface area contributed by atoms with Crippen molar-refractivity contribution in [2.75, 3.05) is 27.2 Å². The highest BCUT2D eigenvalue weighted by Gasteiger charge is 2.22. The summed E-state index contributed by atoms with van der Waals surface area (Å²) in [4.78, 5) is 37.7. The first-order valence-electron chi connectivity index (χ1n) is 8.80. The molecule has 24 heavy (non-hydrogen) atoms. The maximum atomic E-state index is 12.2. The van der Waals surface area contributed by atoms with Crippen molar-refractivity contribution in [1.29, 1.82) is 0 Å². The monoisotopic (exact) mass is 341 g/mol. The van der Waals surface area contributed by atoms with E-state index in [1.165, 1.54) is 4.90 Å². The molecule has 0 saturated heterocycles. The van der Waals surface area contributed by atoms with E-state index in [0.29, 0.717) is 18.3 Å². The number of amides is 2. The minimum absolute atomic E-state index is 0.0238. The lowest BCUT2D eigenvalue weighted by atomic mass is 9.98. The van der Waals surface area contributed by atoms with E-state index in [0.717, 1.165) is 6.42 Å². The summed E-state index contributed by atoms with van der Waals surface area (Å²) in [7, 11) is 3.37. The van der Waals surface area contributed by atoms with Crippen LogP contribution in [0.25, 0.3) is 0 Å². The standard InChI is InChI=1S/C18H35N3O3/c1-12(2)8-14(5)18(24)21(7)11-15(22)10-20-17(23)16(19-6)9-13(3)4/h12-14,16,19H,8-11H2,1-7H3,(H,20,23)/t14-,16-/m0/s1. The second-order valence-electron chi connectivity index (χ2n) is 7.45. The molecule has 0 saturated carbocycles. The minimum Gasteiger partial charge on any atom is -0.348 e. The Morgan fingerprint density at radius 3 is 1.96 bits per heavy atom. The van der Waals surface area contributed by atoms with Gasteiger partial charge < -0.3 is 15.5 Å². The van der Waals surface area contributed by atoms with Gasteiger partial charge in [-0.25, -0.2) is 0 Å². The van der Waals surface area contributed by atoms with Gasteiger partial charge in [0, 0.05) is 13.0 Å². The molecular formula is C18H35N3O3. The number of ketones is 1. The third-order valence-corrected chi connectivity index (χ3v) is 3.87. The Hall–Kier alpha value is -1.43. The maximum Gasteiger partial charge on any atom is 0.237 e. The first-order valence-corrected chi connectivity index (χ1v) is 8.80. The van der Waals surface area contributed by atoms with Crippen LogP contribution in [-0.2, 0) is 14.4 Å². The molecule has 0 fully saturated rings. The minimum atomic E-state index is -0.303. The Morgan fingerprint density at radius 2 is 1.50 bits per heavy atom. The second kappa shape index (κ2) is 11.2. The highest BCUT2D eigenvalue weighted by atomic mass is 16.2. The Labute approximate surface area is 146 Å². The van der Waals surface area contributed by atoms with Crippen LogP contribution >= 0.6 is 0 Å². The number of likely N-dealkylation sites (N-methyl/N-ethyl adjacent to an activating group) is 2. The summed E-state index contributed by atoms with van der Waals surface area (Å²) >= 11 is 0. The van der Waals surface area contributed by atoms with Crippen LogP contribution in [0.15, 0.2) is 0 Å². The molecule has 140 valence electrons. The summed E-state index contributed by atoms with van der Waals surface area (Å²) in [6.07, 6.45) is 1.51. The van der Waals surface area contributed by atoms with Crippen LogP contribution in [0.2, 0.25) is 0 Å². The molecule has 2 N–H and O–H groups in total. The fraction of sp³-hybridized carbons (Fsp3) is 0.833. The Bertz CT molecular complexity index is 422. The topological polar surface area (TPSA) is 78.5 Å². The fourth-order valence-corrected chi connectivity index (χ4v) is 2.72. The Kier molecular flexibility index (Phi) is 10.5. The largest absolute Gasteiger partial charge is 0.348 e.